The molecule has 38 heavy (non-hydrogen) atoms. The van der Waals surface area contributed by atoms with Crippen LogP contribution in [0.1, 0.15) is 33.0 Å². The van der Waals surface area contributed by atoms with Crippen molar-refractivity contribution < 1.29 is 14.4 Å². The first-order valence-corrected chi connectivity index (χ1v) is 12.4. The number of benzene rings is 3. The Morgan fingerprint density at radius 3 is 2.24 bits per heavy atom. The van der Waals surface area contributed by atoms with Gasteiger partial charge >= 0.3 is 0 Å². The Bertz CT molecular complexity index is 1440. The number of aromatic nitrogens is 2. The topological polar surface area (TPSA) is 86.7 Å². The molecule has 2 amide bonds. The first-order chi connectivity index (χ1) is 18.3. The van der Waals surface area contributed by atoms with Crippen molar-refractivity contribution in [3.8, 4) is 0 Å². The average molecular weight is 510 g/mol. The molecule has 1 heterocycles. The van der Waals surface area contributed by atoms with E-state index in [1.165, 1.54) is 12.4 Å². The van der Waals surface area contributed by atoms with Crippen LogP contribution in [0.2, 0.25) is 0 Å². The summed E-state index contributed by atoms with van der Waals surface area (Å²) in [7, 11) is 5.67. The van der Waals surface area contributed by atoms with E-state index in [0.717, 1.165) is 22.9 Å². The van der Waals surface area contributed by atoms with E-state index < -0.39 is 18.1 Å². The van der Waals surface area contributed by atoms with Crippen molar-refractivity contribution in [1.29, 1.82) is 0 Å². The number of amides is 2. The van der Waals surface area contributed by atoms with Crippen LogP contribution in [0, 0.1) is 0 Å². The number of nitrogens with zero attached hydrogens (tertiary/aromatic N) is 5. The lowest BCUT2D eigenvalue weighted by molar-refractivity contribution is -0.117. The highest BCUT2D eigenvalue weighted by atomic mass is 16.2. The fraction of sp³-hybridized carbons (Fsp3) is 0.233. The van der Waals surface area contributed by atoms with Crippen molar-refractivity contribution in [3.05, 3.63) is 102 Å². The second-order valence-corrected chi connectivity index (χ2v) is 9.41. The molecule has 0 aliphatic carbocycles. The number of hydrogen-bond donors (Lipinski definition) is 0. The molecule has 0 spiro atoms. The van der Waals surface area contributed by atoms with Gasteiger partial charge in [-0.3, -0.25) is 14.4 Å². The fourth-order valence-electron chi connectivity index (χ4n) is 4.08. The molecule has 3 aromatic carbocycles. The average Bonchev–Trinajstić information content (AvgIpc) is 2.94. The van der Waals surface area contributed by atoms with Crippen LogP contribution < -0.4 is 4.90 Å². The zero-order valence-corrected chi connectivity index (χ0v) is 21.9. The quantitative estimate of drug-likeness (QED) is 0.237. The lowest BCUT2D eigenvalue weighted by Gasteiger charge is -2.24. The molecule has 0 unspecified atom stereocenters. The van der Waals surface area contributed by atoms with E-state index >= 15 is 0 Å². The second-order valence-electron chi connectivity index (χ2n) is 9.41. The van der Waals surface area contributed by atoms with E-state index in [9.17, 15) is 14.4 Å². The maximum Gasteiger partial charge on any atom is 0.253 e. The molecule has 0 saturated carbocycles. The summed E-state index contributed by atoms with van der Waals surface area (Å²) < 4.78 is 0. The second kappa shape index (κ2) is 12.2. The van der Waals surface area contributed by atoms with E-state index in [2.05, 4.69) is 9.97 Å². The zero-order valence-electron chi connectivity index (χ0n) is 21.9. The Kier molecular flexibility index (Phi) is 8.55. The minimum Gasteiger partial charge on any atom is -0.340 e. The van der Waals surface area contributed by atoms with Crippen molar-refractivity contribution in [2.45, 2.75) is 13.0 Å². The number of hydrogen-bond acceptors (Lipinski definition) is 6. The van der Waals surface area contributed by atoms with Crippen LogP contribution in [0.4, 0.5) is 5.69 Å². The number of likely N-dealkylation sites (N-methyl/N-ethyl adjacent to an activating group) is 2. The Morgan fingerprint density at radius 2 is 1.50 bits per heavy atom. The van der Waals surface area contributed by atoms with Crippen molar-refractivity contribution in [2.75, 3.05) is 39.1 Å². The molecular weight excluding hydrogens is 478 g/mol. The monoisotopic (exact) mass is 509 g/mol. The Labute approximate surface area is 222 Å². The zero-order chi connectivity index (χ0) is 27.1. The molecular formula is C30H31N5O3. The summed E-state index contributed by atoms with van der Waals surface area (Å²) in [5.41, 5.74) is 1.91. The Balaban J connectivity index is 1.63. The lowest BCUT2D eigenvalue weighted by Crippen LogP contribution is -2.34. The molecule has 8 heteroatoms. The van der Waals surface area contributed by atoms with Crippen LogP contribution >= 0.6 is 0 Å². The van der Waals surface area contributed by atoms with Gasteiger partial charge in [0.15, 0.2) is 5.82 Å². The number of anilines is 1. The highest BCUT2D eigenvalue weighted by Gasteiger charge is 2.23. The third kappa shape index (κ3) is 6.66. The Morgan fingerprint density at radius 1 is 0.763 bits per heavy atom. The molecule has 0 bridgehead atoms. The fourth-order valence-corrected chi connectivity index (χ4v) is 4.08. The summed E-state index contributed by atoms with van der Waals surface area (Å²) in [6, 6.07) is 22.6. The largest absolute Gasteiger partial charge is 0.340 e. The van der Waals surface area contributed by atoms with Gasteiger partial charge in [-0.2, -0.15) is 0 Å². The van der Waals surface area contributed by atoms with Crippen LogP contribution in [0.5, 0.6) is 0 Å². The van der Waals surface area contributed by atoms with Gasteiger partial charge in [0.05, 0.1) is 13.0 Å². The molecule has 0 radical (unpaired) electrons. The highest BCUT2D eigenvalue weighted by Crippen LogP contribution is 2.23. The molecule has 0 fully saturated rings. The van der Waals surface area contributed by atoms with Gasteiger partial charge in [0.2, 0.25) is 11.7 Å². The van der Waals surface area contributed by atoms with Crippen molar-refractivity contribution >= 4 is 34.1 Å². The first-order valence-electron chi connectivity index (χ1n) is 12.4. The summed E-state index contributed by atoms with van der Waals surface area (Å²) in [4.78, 5) is 52.6. The minimum absolute atomic E-state index is 0.00190. The van der Waals surface area contributed by atoms with Crippen molar-refractivity contribution in [1.82, 2.24) is 19.8 Å². The predicted molar refractivity (Wildman–Crippen MR) is 148 cm³/mol. The van der Waals surface area contributed by atoms with E-state index in [1.54, 1.807) is 47.2 Å². The van der Waals surface area contributed by atoms with E-state index in [1.807, 2.05) is 61.5 Å². The molecule has 194 valence electrons. The molecule has 0 aliphatic heterocycles. The molecule has 0 N–H and O–H groups in total. The molecule has 8 nitrogen and oxygen atoms in total. The number of rotatable bonds is 10. The van der Waals surface area contributed by atoms with Crippen LogP contribution in [0.25, 0.3) is 10.8 Å². The van der Waals surface area contributed by atoms with Crippen LogP contribution in [0.3, 0.4) is 0 Å². The van der Waals surface area contributed by atoms with Crippen molar-refractivity contribution in [3.63, 3.8) is 0 Å². The predicted octanol–water partition coefficient (Wildman–Crippen LogP) is 4.07. The molecule has 0 saturated heterocycles. The smallest absolute Gasteiger partial charge is 0.253 e. The van der Waals surface area contributed by atoms with Gasteiger partial charge < -0.3 is 14.7 Å². The third-order valence-corrected chi connectivity index (χ3v) is 6.22. The minimum atomic E-state index is -0.463. The molecule has 1 aromatic heterocycles. The van der Waals surface area contributed by atoms with Gasteiger partial charge in [-0.1, -0.05) is 42.5 Å². The number of Topliss-reactive ketones (excluding diaryl/α,β-unsaturated/α-hetero) is 1. The van der Waals surface area contributed by atoms with Crippen LogP contribution in [-0.2, 0) is 11.3 Å². The van der Waals surface area contributed by atoms with Crippen molar-refractivity contribution in [2.24, 2.45) is 0 Å². The normalized spacial score (nSPS) is 10.9. The molecule has 4 aromatic rings. The van der Waals surface area contributed by atoms with E-state index in [4.69, 9.17) is 0 Å². The third-order valence-electron chi connectivity index (χ3n) is 6.22. The van der Waals surface area contributed by atoms with Gasteiger partial charge in [-0.05, 0) is 60.8 Å². The molecule has 4 rings (SSSR count). The molecule has 0 aliphatic rings. The SMILES string of the molecule is CN(C)CCN(C)C(=O)c1cccc(N(Cc2ccc3ccccc3c2)C(=O)CC(=O)c2ncccn2)c1. The van der Waals surface area contributed by atoms with E-state index in [0.29, 0.717) is 17.8 Å². The summed E-state index contributed by atoms with van der Waals surface area (Å²) >= 11 is 0. The molecule has 0 atom stereocenters. The van der Waals surface area contributed by atoms with Gasteiger partial charge in [0.25, 0.3) is 5.91 Å². The summed E-state index contributed by atoms with van der Waals surface area (Å²) in [6.07, 6.45) is 2.55. The van der Waals surface area contributed by atoms with Crippen LogP contribution in [0.15, 0.2) is 85.2 Å². The Hall–Kier alpha value is -4.43. The standard InChI is InChI=1S/C30H31N5O3/c1-33(2)16-17-34(3)30(38)25-10-6-11-26(19-25)35(28(37)20-27(36)29-31-14-7-15-32-29)21-22-12-13-23-8-4-5-9-24(23)18-22/h4-15,18-19H,16-17,20-21H2,1-3H3. The number of fused-ring (bicyclic) bond motifs is 1. The van der Waals surface area contributed by atoms with Crippen LogP contribution in [-0.4, -0.2) is 71.6 Å². The number of ketones is 1. The number of carbonyl (C=O) groups is 3. The number of carbonyl (C=O) groups excluding carboxylic acids is 3. The maximum atomic E-state index is 13.5. The summed E-state index contributed by atoms with van der Waals surface area (Å²) in [6.45, 7) is 1.54. The highest BCUT2D eigenvalue weighted by molar-refractivity contribution is 6.10. The van der Waals surface area contributed by atoms with Gasteiger partial charge in [-0.25, -0.2) is 9.97 Å². The first kappa shape index (κ1) is 26.6. The van der Waals surface area contributed by atoms with Gasteiger partial charge in [-0.15, -0.1) is 0 Å². The summed E-state index contributed by atoms with van der Waals surface area (Å²) in [5, 5.41) is 2.15. The van der Waals surface area contributed by atoms with E-state index in [-0.39, 0.29) is 18.3 Å². The summed E-state index contributed by atoms with van der Waals surface area (Å²) in [5.74, 6) is -1.01. The van der Waals surface area contributed by atoms with Gasteiger partial charge in [0, 0.05) is 43.8 Å². The maximum absolute atomic E-state index is 13.5. The van der Waals surface area contributed by atoms with Gasteiger partial charge in [0.1, 0.15) is 0 Å². The lowest BCUT2D eigenvalue weighted by atomic mass is 10.1.